The standard InChI is InChI=1S/C40H36N4O.Pt/c1-25-20-21-41-37(22-25)43-35-17-9-8-15-32(35)33-19-18-31(24-36(33)43)45-30-14-11-13-29(23-30)44-28(4)39(27(3)42-44)38-26(2)12-10-16-34(38)40(5,6)7;/h8-22H,1-7H3;/q-2;+2. The molecule has 0 unspecified atom stereocenters. The van der Waals surface area contributed by atoms with Gasteiger partial charge in [0.1, 0.15) is 5.82 Å². The molecule has 0 radical (unpaired) electrons. The van der Waals surface area contributed by atoms with E-state index in [9.17, 15) is 0 Å². The number of aryl methyl sites for hydroxylation is 3. The minimum Gasteiger partial charge on any atom is -0.509 e. The third kappa shape index (κ3) is 5.47. The van der Waals surface area contributed by atoms with Gasteiger partial charge in [0, 0.05) is 34.5 Å². The second-order valence-electron chi connectivity index (χ2n) is 12.8. The number of ether oxygens (including phenoxy) is 1. The predicted octanol–water partition coefficient (Wildman–Crippen LogP) is 9.95. The van der Waals surface area contributed by atoms with Crippen molar-refractivity contribution in [2.45, 2.75) is 53.9 Å². The summed E-state index contributed by atoms with van der Waals surface area (Å²) in [5.41, 5.74) is 11.0. The van der Waals surface area contributed by atoms with Gasteiger partial charge in [-0.05, 0) is 84.6 Å². The summed E-state index contributed by atoms with van der Waals surface area (Å²) in [5.74, 6) is 2.06. The molecule has 0 amide bonds. The Labute approximate surface area is 285 Å². The van der Waals surface area contributed by atoms with E-state index in [0.29, 0.717) is 11.5 Å². The first-order valence-corrected chi connectivity index (χ1v) is 15.4. The molecule has 0 aliphatic carbocycles. The Kier molecular flexibility index (Phi) is 8.25. The van der Waals surface area contributed by atoms with Gasteiger partial charge in [0.05, 0.1) is 5.69 Å². The van der Waals surface area contributed by atoms with E-state index in [4.69, 9.17) is 14.8 Å². The van der Waals surface area contributed by atoms with E-state index in [-0.39, 0.29) is 26.5 Å². The van der Waals surface area contributed by atoms with E-state index < -0.39 is 0 Å². The maximum absolute atomic E-state index is 6.42. The van der Waals surface area contributed by atoms with Crippen molar-refractivity contribution in [1.29, 1.82) is 0 Å². The van der Waals surface area contributed by atoms with Gasteiger partial charge < -0.3 is 9.30 Å². The number of benzene rings is 4. The smallest absolute Gasteiger partial charge is 0.509 e. The maximum atomic E-state index is 6.42. The zero-order valence-corrected chi connectivity index (χ0v) is 29.4. The van der Waals surface area contributed by atoms with Crippen LogP contribution in [0.2, 0.25) is 0 Å². The van der Waals surface area contributed by atoms with E-state index in [0.717, 1.165) is 50.3 Å². The number of rotatable bonds is 5. The van der Waals surface area contributed by atoms with Crippen molar-refractivity contribution in [3.63, 3.8) is 0 Å². The molecular formula is C40H36N4OPt. The zero-order valence-electron chi connectivity index (χ0n) is 27.2. The third-order valence-electron chi connectivity index (χ3n) is 8.51. The monoisotopic (exact) mass is 783 g/mol. The Morgan fingerprint density at radius 3 is 2.28 bits per heavy atom. The van der Waals surface area contributed by atoms with Crippen molar-refractivity contribution in [2.75, 3.05) is 0 Å². The summed E-state index contributed by atoms with van der Waals surface area (Å²) in [6, 6.07) is 36.0. The van der Waals surface area contributed by atoms with Crippen molar-refractivity contribution in [3.8, 4) is 34.1 Å². The molecule has 0 saturated heterocycles. The zero-order chi connectivity index (χ0) is 31.5. The fraction of sp³-hybridized carbons (Fsp3) is 0.200. The van der Waals surface area contributed by atoms with Crippen LogP contribution in [0.15, 0.2) is 91.1 Å². The van der Waals surface area contributed by atoms with Gasteiger partial charge in [0.25, 0.3) is 0 Å². The average molecular weight is 784 g/mol. The average Bonchev–Trinajstić information content (AvgIpc) is 3.49. The Morgan fingerprint density at radius 2 is 1.50 bits per heavy atom. The molecule has 0 spiro atoms. The van der Waals surface area contributed by atoms with E-state index in [1.54, 1.807) is 0 Å². The van der Waals surface area contributed by atoms with Crippen LogP contribution in [-0.2, 0) is 26.5 Å². The number of hydrogen-bond donors (Lipinski definition) is 0. The van der Waals surface area contributed by atoms with Crippen LogP contribution in [0.5, 0.6) is 11.5 Å². The molecule has 7 aromatic rings. The molecule has 7 rings (SSSR count). The van der Waals surface area contributed by atoms with Crippen LogP contribution in [0, 0.1) is 39.8 Å². The molecule has 0 saturated carbocycles. The van der Waals surface area contributed by atoms with Crippen LogP contribution >= 0.6 is 0 Å². The number of fused-ring (bicyclic) bond motifs is 3. The molecule has 46 heavy (non-hydrogen) atoms. The van der Waals surface area contributed by atoms with Gasteiger partial charge in [0.15, 0.2) is 0 Å². The molecule has 0 atom stereocenters. The van der Waals surface area contributed by atoms with Crippen LogP contribution in [0.3, 0.4) is 0 Å². The summed E-state index contributed by atoms with van der Waals surface area (Å²) in [6.45, 7) is 15.3. The predicted molar refractivity (Wildman–Crippen MR) is 183 cm³/mol. The normalized spacial score (nSPS) is 11.6. The molecule has 0 aliphatic heterocycles. The Bertz CT molecular complexity index is 2240. The maximum Gasteiger partial charge on any atom is 2.00 e. The first kappa shape index (κ1) is 31.5. The van der Waals surface area contributed by atoms with Crippen LogP contribution < -0.4 is 4.74 Å². The largest absolute Gasteiger partial charge is 2.00 e. The summed E-state index contributed by atoms with van der Waals surface area (Å²) in [6.07, 6.45) is 1.85. The molecule has 0 aliphatic rings. The molecule has 4 aromatic carbocycles. The van der Waals surface area contributed by atoms with E-state index >= 15 is 0 Å². The molecule has 5 nitrogen and oxygen atoms in total. The minimum atomic E-state index is 0. The first-order valence-electron chi connectivity index (χ1n) is 15.4. The molecule has 232 valence electrons. The molecule has 3 heterocycles. The van der Waals surface area contributed by atoms with Gasteiger partial charge >= 0.3 is 21.1 Å². The van der Waals surface area contributed by atoms with Gasteiger partial charge in [-0.15, -0.1) is 35.7 Å². The quantitative estimate of drug-likeness (QED) is 0.163. The Morgan fingerprint density at radius 1 is 0.739 bits per heavy atom. The molecule has 0 bridgehead atoms. The van der Waals surface area contributed by atoms with E-state index in [1.807, 2.05) is 41.2 Å². The van der Waals surface area contributed by atoms with Crippen molar-refractivity contribution >= 4 is 21.8 Å². The van der Waals surface area contributed by atoms with Gasteiger partial charge in [-0.2, -0.15) is 17.2 Å². The number of aromatic nitrogens is 4. The van der Waals surface area contributed by atoms with Gasteiger partial charge in [0.2, 0.25) is 0 Å². The van der Waals surface area contributed by atoms with Crippen LogP contribution in [0.4, 0.5) is 0 Å². The second kappa shape index (κ2) is 12.0. The Balaban J connectivity index is 0.00000372. The molecule has 0 fully saturated rings. The molecule has 6 heteroatoms. The molecule has 3 aromatic heterocycles. The fourth-order valence-corrected chi connectivity index (χ4v) is 6.42. The van der Waals surface area contributed by atoms with Crippen molar-refractivity contribution in [2.24, 2.45) is 0 Å². The van der Waals surface area contributed by atoms with Crippen LogP contribution in [0.25, 0.3) is 44.4 Å². The summed E-state index contributed by atoms with van der Waals surface area (Å²) in [4.78, 5) is 4.69. The minimum absolute atomic E-state index is 0. The third-order valence-corrected chi connectivity index (χ3v) is 8.51. The molecular weight excluding hydrogens is 748 g/mol. The summed E-state index contributed by atoms with van der Waals surface area (Å²) in [5, 5.41) is 7.24. The topological polar surface area (TPSA) is 44.9 Å². The summed E-state index contributed by atoms with van der Waals surface area (Å²) >= 11 is 0. The van der Waals surface area contributed by atoms with E-state index in [2.05, 4.69) is 120 Å². The first-order chi connectivity index (χ1) is 21.6. The van der Waals surface area contributed by atoms with Crippen LogP contribution in [-0.4, -0.2) is 19.3 Å². The number of hydrogen-bond acceptors (Lipinski definition) is 3. The van der Waals surface area contributed by atoms with Crippen molar-refractivity contribution < 1.29 is 25.8 Å². The van der Waals surface area contributed by atoms with Gasteiger partial charge in [-0.1, -0.05) is 62.7 Å². The SMILES string of the molecule is Cc1ccnc(-n2c3[c-]c(Oc4[c-]c(-n5nc(C)c(-c6c(C)cccc6C(C)(C)C)c5C)ccc4)ccc3c3ccccc32)c1.[Pt+2]. The number of para-hydroxylation sites is 1. The van der Waals surface area contributed by atoms with Gasteiger partial charge in [-0.25, -0.2) is 4.98 Å². The fourth-order valence-electron chi connectivity index (χ4n) is 6.42. The summed E-state index contributed by atoms with van der Waals surface area (Å²) in [7, 11) is 0. The van der Waals surface area contributed by atoms with Crippen molar-refractivity contribution in [3.05, 3.63) is 131 Å². The second-order valence-corrected chi connectivity index (χ2v) is 12.8. The summed E-state index contributed by atoms with van der Waals surface area (Å²) < 4.78 is 10.5. The van der Waals surface area contributed by atoms with E-state index in [1.165, 1.54) is 22.3 Å². The Hall–Kier alpha value is -4.47. The van der Waals surface area contributed by atoms with Gasteiger partial charge in [-0.3, -0.25) is 4.68 Å². The van der Waals surface area contributed by atoms with Crippen LogP contribution in [0.1, 0.15) is 48.8 Å². The molecule has 0 N–H and O–H groups in total. The number of nitrogens with zero attached hydrogens (tertiary/aromatic N) is 4. The number of pyridine rings is 1. The van der Waals surface area contributed by atoms with Crippen molar-refractivity contribution in [1.82, 2.24) is 19.3 Å².